The van der Waals surface area contributed by atoms with E-state index in [0.717, 1.165) is 5.56 Å². The van der Waals surface area contributed by atoms with Crippen molar-refractivity contribution in [1.82, 2.24) is 4.90 Å². The Kier molecular flexibility index (Phi) is 3.18. The number of nitrogens with zero attached hydrogens (tertiary/aromatic N) is 1. The van der Waals surface area contributed by atoms with E-state index in [9.17, 15) is 0 Å². The summed E-state index contributed by atoms with van der Waals surface area (Å²) in [5.74, 6) is 0.286. The average Bonchev–Trinajstić information content (AvgIpc) is 2.08. The molecule has 1 aromatic carbocycles. The van der Waals surface area contributed by atoms with Gasteiger partial charge in [0.25, 0.3) is 0 Å². The first kappa shape index (κ1) is 9.43. The van der Waals surface area contributed by atoms with Gasteiger partial charge in [0.2, 0.25) is 0 Å². The van der Waals surface area contributed by atoms with Gasteiger partial charge < -0.3 is 10.0 Å². The van der Waals surface area contributed by atoms with Crippen molar-refractivity contribution >= 4 is 6.08 Å². The van der Waals surface area contributed by atoms with Crippen molar-refractivity contribution in [1.29, 1.82) is 0 Å². The highest BCUT2D eigenvalue weighted by atomic mass is 16.3. The summed E-state index contributed by atoms with van der Waals surface area (Å²) in [4.78, 5) is 1.91. The van der Waals surface area contributed by atoms with Gasteiger partial charge in [-0.2, -0.15) is 0 Å². The van der Waals surface area contributed by atoms with Gasteiger partial charge in [-0.1, -0.05) is 12.1 Å². The molecular formula is C11H13NO. The van der Waals surface area contributed by atoms with Gasteiger partial charge >= 0.3 is 0 Å². The summed E-state index contributed by atoms with van der Waals surface area (Å²) in [7, 11) is 3.88. The van der Waals surface area contributed by atoms with Gasteiger partial charge in [0.1, 0.15) is 5.75 Å². The molecule has 0 fully saturated rings. The van der Waals surface area contributed by atoms with E-state index in [4.69, 9.17) is 5.11 Å². The van der Waals surface area contributed by atoms with Gasteiger partial charge in [0.05, 0.1) is 0 Å². The molecule has 0 aliphatic heterocycles. The van der Waals surface area contributed by atoms with Crippen molar-refractivity contribution < 1.29 is 5.11 Å². The van der Waals surface area contributed by atoms with Crippen molar-refractivity contribution in [3.8, 4) is 5.75 Å². The van der Waals surface area contributed by atoms with Crippen LogP contribution in [0.4, 0.5) is 0 Å². The maximum Gasteiger partial charge on any atom is 0.115 e. The summed E-state index contributed by atoms with van der Waals surface area (Å²) >= 11 is 0. The molecular weight excluding hydrogens is 162 g/mol. The van der Waals surface area contributed by atoms with Crippen molar-refractivity contribution in [2.24, 2.45) is 0 Å². The van der Waals surface area contributed by atoms with E-state index in [1.165, 1.54) is 0 Å². The fraction of sp³-hybridized carbons (Fsp3) is 0.182. The molecule has 0 unspecified atom stereocenters. The number of hydrogen-bond donors (Lipinski definition) is 1. The molecule has 0 aliphatic rings. The van der Waals surface area contributed by atoms with Crippen LogP contribution in [0.5, 0.6) is 5.75 Å². The van der Waals surface area contributed by atoms with Crippen LogP contribution in [0.2, 0.25) is 0 Å². The molecule has 1 rings (SSSR count). The number of rotatable bonds is 2. The SMILES string of the molecule is CN(C)C=C=Cc1ccc(O)cc1. The minimum Gasteiger partial charge on any atom is -0.508 e. The van der Waals surface area contributed by atoms with Crippen LogP contribution in [0.3, 0.4) is 0 Å². The Morgan fingerprint density at radius 3 is 2.38 bits per heavy atom. The van der Waals surface area contributed by atoms with E-state index in [-0.39, 0.29) is 5.75 Å². The van der Waals surface area contributed by atoms with Crippen LogP contribution in [0.15, 0.2) is 36.2 Å². The molecule has 0 amide bonds. The Morgan fingerprint density at radius 1 is 1.23 bits per heavy atom. The van der Waals surface area contributed by atoms with Crippen LogP contribution in [-0.4, -0.2) is 24.1 Å². The lowest BCUT2D eigenvalue weighted by Crippen LogP contribution is -1.98. The molecule has 2 heteroatoms. The topological polar surface area (TPSA) is 23.5 Å². The Hall–Kier alpha value is -1.66. The Labute approximate surface area is 78.4 Å². The largest absolute Gasteiger partial charge is 0.508 e. The summed E-state index contributed by atoms with van der Waals surface area (Å²) in [5, 5.41) is 9.02. The first-order valence-electron chi connectivity index (χ1n) is 4.06. The molecule has 0 heterocycles. The summed E-state index contributed by atoms with van der Waals surface area (Å²) in [6, 6.07) is 6.99. The molecule has 0 atom stereocenters. The first-order chi connectivity index (χ1) is 6.18. The number of phenolic OH excluding ortho intramolecular Hbond substituents is 1. The first-order valence-corrected chi connectivity index (χ1v) is 4.06. The minimum atomic E-state index is 0.286. The molecule has 0 aliphatic carbocycles. The summed E-state index contributed by atoms with van der Waals surface area (Å²) in [5.41, 5.74) is 4.04. The second kappa shape index (κ2) is 4.39. The van der Waals surface area contributed by atoms with E-state index < -0.39 is 0 Å². The zero-order valence-corrected chi connectivity index (χ0v) is 7.86. The molecule has 0 saturated carbocycles. The van der Waals surface area contributed by atoms with Crippen molar-refractivity contribution in [2.75, 3.05) is 14.1 Å². The van der Waals surface area contributed by atoms with E-state index in [0.29, 0.717) is 0 Å². The number of hydrogen-bond acceptors (Lipinski definition) is 2. The minimum absolute atomic E-state index is 0.286. The van der Waals surface area contributed by atoms with E-state index in [2.05, 4.69) is 5.73 Å². The fourth-order valence-electron chi connectivity index (χ4n) is 0.853. The predicted molar refractivity (Wildman–Crippen MR) is 54.3 cm³/mol. The maximum absolute atomic E-state index is 9.02. The summed E-state index contributed by atoms with van der Waals surface area (Å²) in [6.07, 6.45) is 3.70. The fourth-order valence-corrected chi connectivity index (χ4v) is 0.853. The third-order valence-corrected chi connectivity index (χ3v) is 1.48. The van der Waals surface area contributed by atoms with E-state index >= 15 is 0 Å². The third-order valence-electron chi connectivity index (χ3n) is 1.48. The zero-order chi connectivity index (χ0) is 9.68. The number of phenols is 1. The van der Waals surface area contributed by atoms with Crippen LogP contribution in [-0.2, 0) is 0 Å². The average molecular weight is 175 g/mol. The second-order valence-electron chi connectivity index (χ2n) is 3.00. The highest BCUT2D eigenvalue weighted by Crippen LogP contribution is 2.09. The Bertz CT molecular complexity index is 318. The summed E-state index contributed by atoms with van der Waals surface area (Å²) in [6.45, 7) is 0. The van der Waals surface area contributed by atoms with E-state index in [1.807, 2.05) is 43.4 Å². The Morgan fingerprint density at radius 2 is 1.85 bits per heavy atom. The molecule has 2 nitrogen and oxygen atoms in total. The van der Waals surface area contributed by atoms with Gasteiger partial charge in [0, 0.05) is 20.3 Å². The lowest BCUT2D eigenvalue weighted by Gasteiger charge is -1.99. The second-order valence-corrected chi connectivity index (χ2v) is 3.00. The molecule has 0 aromatic heterocycles. The van der Waals surface area contributed by atoms with Crippen molar-refractivity contribution in [3.05, 3.63) is 41.8 Å². The van der Waals surface area contributed by atoms with Gasteiger partial charge in [-0.3, -0.25) is 0 Å². The van der Waals surface area contributed by atoms with Crippen molar-refractivity contribution in [3.63, 3.8) is 0 Å². The molecule has 0 bridgehead atoms. The van der Waals surface area contributed by atoms with Crippen LogP contribution in [0, 0.1) is 0 Å². The molecule has 1 aromatic rings. The van der Waals surface area contributed by atoms with Gasteiger partial charge in [-0.15, -0.1) is 5.73 Å². The zero-order valence-electron chi connectivity index (χ0n) is 7.86. The number of aromatic hydroxyl groups is 1. The smallest absolute Gasteiger partial charge is 0.115 e. The Balaban J connectivity index is 2.75. The van der Waals surface area contributed by atoms with E-state index in [1.54, 1.807) is 12.1 Å². The standard InChI is InChI=1S/C11H13NO/c1-12(2)9-3-4-10-5-7-11(13)8-6-10/h4-9,13H,1-2H3. The molecule has 68 valence electrons. The lowest BCUT2D eigenvalue weighted by molar-refractivity contribution is 0.475. The number of benzene rings is 1. The van der Waals surface area contributed by atoms with Crippen LogP contribution in [0.1, 0.15) is 5.56 Å². The molecule has 13 heavy (non-hydrogen) atoms. The highest BCUT2D eigenvalue weighted by molar-refractivity contribution is 5.49. The monoisotopic (exact) mass is 175 g/mol. The predicted octanol–water partition coefficient (Wildman–Crippen LogP) is 2.08. The normalized spacial score (nSPS) is 8.77. The van der Waals surface area contributed by atoms with Crippen LogP contribution in [0.25, 0.3) is 6.08 Å². The van der Waals surface area contributed by atoms with Crippen LogP contribution >= 0.6 is 0 Å². The maximum atomic E-state index is 9.02. The lowest BCUT2D eigenvalue weighted by atomic mass is 10.2. The molecule has 1 N–H and O–H groups in total. The molecule has 0 saturated heterocycles. The van der Waals surface area contributed by atoms with Crippen molar-refractivity contribution in [2.45, 2.75) is 0 Å². The van der Waals surface area contributed by atoms with Gasteiger partial charge in [0.15, 0.2) is 0 Å². The third kappa shape index (κ3) is 3.50. The van der Waals surface area contributed by atoms with Gasteiger partial charge in [-0.25, -0.2) is 0 Å². The quantitative estimate of drug-likeness (QED) is 0.696. The highest BCUT2D eigenvalue weighted by Gasteiger charge is 1.85. The molecule has 0 spiro atoms. The van der Waals surface area contributed by atoms with Crippen LogP contribution < -0.4 is 0 Å². The molecule has 0 radical (unpaired) electrons. The summed E-state index contributed by atoms with van der Waals surface area (Å²) < 4.78 is 0. The van der Waals surface area contributed by atoms with Gasteiger partial charge in [-0.05, 0) is 23.8 Å².